The molecule has 2 aliphatic heterocycles. The molecule has 176 valence electrons. The van der Waals surface area contributed by atoms with E-state index in [0.29, 0.717) is 17.4 Å². The highest BCUT2D eigenvalue weighted by Crippen LogP contribution is 2.42. The van der Waals surface area contributed by atoms with Gasteiger partial charge in [-0.2, -0.15) is 0 Å². The first-order valence-electron chi connectivity index (χ1n) is 11.9. The van der Waals surface area contributed by atoms with Crippen molar-refractivity contribution in [1.29, 1.82) is 0 Å². The molecule has 34 heavy (non-hydrogen) atoms. The van der Waals surface area contributed by atoms with Crippen molar-refractivity contribution >= 4 is 35.1 Å². The highest BCUT2D eigenvalue weighted by Gasteiger charge is 2.50. The number of aryl methyl sites for hydroxylation is 1. The van der Waals surface area contributed by atoms with E-state index in [1.807, 2.05) is 31.2 Å². The third-order valence-corrected chi connectivity index (χ3v) is 7.27. The SMILES string of the molecule is Cc1cccc(N2C[C@@H](C(=O)Oc3ccc(N4C(=O)[C@H]5CC[C@@H](C)C[C@@H]5C4=O)cc3)CC2=O)c1. The molecule has 4 atom stereocenters. The van der Waals surface area contributed by atoms with Crippen molar-refractivity contribution in [2.75, 3.05) is 16.3 Å². The van der Waals surface area contributed by atoms with Crippen molar-refractivity contribution in [2.45, 2.75) is 39.5 Å². The Morgan fingerprint density at radius 3 is 2.41 bits per heavy atom. The van der Waals surface area contributed by atoms with Gasteiger partial charge in [-0.3, -0.25) is 24.1 Å². The summed E-state index contributed by atoms with van der Waals surface area (Å²) in [5, 5.41) is 0. The number of benzene rings is 2. The van der Waals surface area contributed by atoms with Crippen LogP contribution in [0.2, 0.25) is 0 Å². The molecule has 3 aliphatic rings. The van der Waals surface area contributed by atoms with Crippen LogP contribution in [-0.2, 0) is 19.2 Å². The minimum absolute atomic E-state index is 0.100. The van der Waals surface area contributed by atoms with E-state index in [2.05, 4.69) is 6.92 Å². The number of hydrogen-bond acceptors (Lipinski definition) is 5. The average Bonchev–Trinajstić information content (AvgIpc) is 3.32. The zero-order valence-electron chi connectivity index (χ0n) is 19.4. The first-order valence-corrected chi connectivity index (χ1v) is 11.9. The van der Waals surface area contributed by atoms with Gasteiger partial charge in [0, 0.05) is 18.7 Å². The number of rotatable bonds is 4. The Hall–Kier alpha value is -3.48. The van der Waals surface area contributed by atoms with Crippen molar-refractivity contribution in [1.82, 2.24) is 0 Å². The molecule has 0 bridgehead atoms. The number of nitrogens with zero attached hydrogens (tertiary/aromatic N) is 2. The highest BCUT2D eigenvalue weighted by atomic mass is 16.5. The van der Waals surface area contributed by atoms with Crippen molar-refractivity contribution in [3.05, 3.63) is 54.1 Å². The number of anilines is 2. The van der Waals surface area contributed by atoms with E-state index in [9.17, 15) is 19.2 Å². The molecule has 0 unspecified atom stereocenters. The van der Waals surface area contributed by atoms with Gasteiger partial charge in [0.25, 0.3) is 0 Å². The Labute approximate surface area is 198 Å². The normalized spacial score (nSPS) is 26.7. The average molecular weight is 461 g/mol. The predicted octanol–water partition coefficient (Wildman–Crippen LogP) is 3.88. The fourth-order valence-electron chi connectivity index (χ4n) is 5.42. The lowest BCUT2D eigenvalue weighted by molar-refractivity contribution is -0.139. The summed E-state index contributed by atoms with van der Waals surface area (Å²) >= 11 is 0. The second kappa shape index (κ2) is 8.70. The molecule has 0 radical (unpaired) electrons. The minimum atomic E-state index is -0.556. The van der Waals surface area contributed by atoms with Gasteiger partial charge in [-0.1, -0.05) is 19.1 Å². The summed E-state index contributed by atoms with van der Waals surface area (Å²) in [6.45, 7) is 4.35. The van der Waals surface area contributed by atoms with Crippen LogP contribution in [0.4, 0.5) is 11.4 Å². The van der Waals surface area contributed by atoms with Gasteiger partial charge in [0.2, 0.25) is 17.7 Å². The summed E-state index contributed by atoms with van der Waals surface area (Å²) in [6.07, 6.45) is 2.57. The number of esters is 1. The second-order valence-electron chi connectivity index (χ2n) is 9.80. The molecule has 0 spiro atoms. The summed E-state index contributed by atoms with van der Waals surface area (Å²) in [4.78, 5) is 53.9. The molecule has 1 saturated carbocycles. The Kier molecular flexibility index (Phi) is 5.71. The number of amides is 3. The van der Waals surface area contributed by atoms with Crippen LogP contribution >= 0.6 is 0 Å². The molecule has 2 saturated heterocycles. The third-order valence-electron chi connectivity index (χ3n) is 7.27. The molecular weight excluding hydrogens is 432 g/mol. The van der Waals surface area contributed by atoms with E-state index >= 15 is 0 Å². The predicted molar refractivity (Wildman–Crippen MR) is 126 cm³/mol. The molecule has 0 aromatic heterocycles. The van der Waals surface area contributed by atoms with E-state index in [1.165, 1.54) is 4.90 Å². The van der Waals surface area contributed by atoms with Crippen LogP contribution in [0.5, 0.6) is 5.75 Å². The van der Waals surface area contributed by atoms with E-state index in [0.717, 1.165) is 30.5 Å². The quantitative estimate of drug-likeness (QED) is 0.393. The van der Waals surface area contributed by atoms with E-state index in [1.54, 1.807) is 29.2 Å². The monoisotopic (exact) mass is 460 g/mol. The van der Waals surface area contributed by atoms with Gasteiger partial charge in [0.1, 0.15) is 5.75 Å². The van der Waals surface area contributed by atoms with Crippen LogP contribution in [0.25, 0.3) is 0 Å². The van der Waals surface area contributed by atoms with E-state index in [-0.39, 0.29) is 42.5 Å². The van der Waals surface area contributed by atoms with Crippen LogP contribution in [0.3, 0.4) is 0 Å². The van der Waals surface area contributed by atoms with Crippen LogP contribution < -0.4 is 14.5 Å². The molecule has 2 aromatic rings. The summed E-state index contributed by atoms with van der Waals surface area (Å²) in [7, 11) is 0. The Morgan fingerprint density at radius 2 is 1.68 bits per heavy atom. The maximum Gasteiger partial charge on any atom is 0.316 e. The molecule has 3 fully saturated rings. The lowest BCUT2D eigenvalue weighted by Crippen LogP contribution is -2.30. The van der Waals surface area contributed by atoms with Crippen LogP contribution in [0.1, 0.15) is 38.2 Å². The Morgan fingerprint density at radius 1 is 0.941 bits per heavy atom. The third kappa shape index (κ3) is 4.00. The van der Waals surface area contributed by atoms with Crippen LogP contribution in [-0.4, -0.2) is 30.2 Å². The number of ether oxygens (including phenoxy) is 1. The zero-order chi connectivity index (χ0) is 24.0. The highest BCUT2D eigenvalue weighted by molar-refractivity contribution is 6.22. The van der Waals surface area contributed by atoms with Gasteiger partial charge < -0.3 is 9.64 Å². The maximum absolute atomic E-state index is 12.9. The first kappa shape index (κ1) is 22.3. The Balaban J connectivity index is 1.24. The molecule has 2 aromatic carbocycles. The standard InChI is InChI=1S/C27H28N2O5/c1-16-4-3-5-20(12-16)28-15-18(14-24(28)30)27(33)34-21-9-7-19(8-10-21)29-25(31)22-11-6-17(2)13-23(22)26(29)32/h3-5,7-10,12,17-18,22-23H,6,11,13-15H2,1-2H3/t17-,18+,22+,23+/m1/s1. The molecule has 7 heteroatoms. The number of imide groups is 1. The lowest BCUT2D eigenvalue weighted by Gasteiger charge is -2.25. The smallest absolute Gasteiger partial charge is 0.316 e. The second-order valence-corrected chi connectivity index (χ2v) is 9.80. The van der Waals surface area contributed by atoms with Gasteiger partial charge in [0.15, 0.2) is 0 Å². The molecular formula is C27H28N2O5. The van der Waals surface area contributed by atoms with Crippen LogP contribution in [0.15, 0.2) is 48.5 Å². The molecule has 7 nitrogen and oxygen atoms in total. The van der Waals surface area contributed by atoms with Crippen molar-refractivity contribution in [3.63, 3.8) is 0 Å². The number of hydrogen-bond donors (Lipinski definition) is 0. The van der Waals surface area contributed by atoms with Crippen molar-refractivity contribution in [2.24, 2.45) is 23.7 Å². The summed E-state index contributed by atoms with van der Waals surface area (Å²) in [5.74, 6) is -1.08. The minimum Gasteiger partial charge on any atom is -0.426 e. The van der Waals surface area contributed by atoms with Crippen LogP contribution in [0, 0.1) is 30.6 Å². The number of carbonyl (C=O) groups excluding carboxylic acids is 4. The Bertz CT molecular complexity index is 1160. The maximum atomic E-state index is 12.9. The first-order chi connectivity index (χ1) is 16.3. The fraction of sp³-hybridized carbons (Fsp3) is 0.407. The largest absolute Gasteiger partial charge is 0.426 e. The molecule has 3 amide bonds. The van der Waals surface area contributed by atoms with Gasteiger partial charge >= 0.3 is 5.97 Å². The lowest BCUT2D eigenvalue weighted by atomic mass is 9.76. The molecule has 0 N–H and O–H groups in total. The molecule has 2 heterocycles. The van der Waals surface area contributed by atoms with Gasteiger partial charge in [-0.05, 0) is 74.1 Å². The summed E-state index contributed by atoms with van der Waals surface area (Å²) in [5.41, 5.74) is 2.32. The van der Waals surface area contributed by atoms with Crippen molar-refractivity contribution < 1.29 is 23.9 Å². The topological polar surface area (TPSA) is 84.0 Å². The van der Waals surface area contributed by atoms with Gasteiger partial charge in [-0.25, -0.2) is 0 Å². The number of fused-ring (bicyclic) bond motifs is 1. The summed E-state index contributed by atoms with van der Waals surface area (Å²) < 4.78 is 5.53. The van der Waals surface area contributed by atoms with E-state index in [4.69, 9.17) is 4.74 Å². The van der Waals surface area contributed by atoms with E-state index < -0.39 is 11.9 Å². The summed E-state index contributed by atoms with van der Waals surface area (Å²) in [6, 6.07) is 14.1. The number of carbonyl (C=O) groups is 4. The zero-order valence-corrected chi connectivity index (χ0v) is 19.4. The fourth-order valence-corrected chi connectivity index (χ4v) is 5.42. The van der Waals surface area contributed by atoms with Gasteiger partial charge in [-0.15, -0.1) is 0 Å². The van der Waals surface area contributed by atoms with Gasteiger partial charge in [0.05, 0.1) is 23.4 Å². The molecule has 5 rings (SSSR count). The van der Waals surface area contributed by atoms with Crippen molar-refractivity contribution in [3.8, 4) is 5.75 Å². The molecule has 1 aliphatic carbocycles.